The van der Waals surface area contributed by atoms with Crippen molar-refractivity contribution in [1.82, 2.24) is 9.80 Å². The predicted octanol–water partition coefficient (Wildman–Crippen LogP) is 3.20. The molecule has 2 aliphatic heterocycles. The Bertz CT molecular complexity index is 1080. The number of hydrogen-bond acceptors (Lipinski definition) is 5. The largest absolute Gasteiger partial charge is 0.486 e. The highest BCUT2D eigenvalue weighted by atomic mass is 16.6. The van der Waals surface area contributed by atoms with Gasteiger partial charge in [0.1, 0.15) is 13.2 Å². The third-order valence-corrected chi connectivity index (χ3v) is 6.23. The van der Waals surface area contributed by atoms with Crippen LogP contribution in [0.1, 0.15) is 25.3 Å². The van der Waals surface area contributed by atoms with Gasteiger partial charge in [0.2, 0.25) is 17.7 Å². The summed E-state index contributed by atoms with van der Waals surface area (Å²) in [5.41, 5.74) is 1.57. The number of carbonyl (C=O) groups is 3. The van der Waals surface area contributed by atoms with Crippen LogP contribution in [-0.2, 0) is 14.4 Å². The van der Waals surface area contributed by atoms with Crippen molar-refractivity contribution < 1.29 is 23.9 Å². The van der Waals surface area contributed by atoms with Crippen LogP contribution in [0, 0.1) is 5.92 Å². The standard InChI is InChI=1S/C27H31N3O5/c1-2-29(19-25(31)28-22-9-10-23-24(18-22)35-17-16-34-23)27(33)21-12-14-30(15-13-21)26(32)11-8-20-6-4-3-5-7-20/h3-11,18,21H,2,12-17,19H2,1H3,(H,28,31)/b11-8+. The zero-order valence-corrected chi connectivity index (χ0v) is 19.9. The molecular formula is C27H31N3O5. The molecule has 1 N–H and O–H groups in total. The number of rotatable bonds is 7. The van der Waals surface area contributed by atoms with E-state index in [-0.39, 0.29) is 30.2 Å². The van der Waals surface area contributed by atoms with Gasteiger partial charge in [0.05, 0.1) is 6.54 Å². The topological polar surface area (TPSA) is 88.2 Å². The van der Waals surface area contributed by atoms with Gasteiger partial charge in [-0.25, -0.2) is 0 Å². The molecule has 2 heterocycles. The van der Waals surface area contributed by atoms with E-state index in [9.17, 15) is 14.4 Å². The second-order valence-electron chi connectivity index (χ2n) is 8.60. The summed E-state index contributed by atoms with van der Waals surface area (Å²) in [5.74, 6) is 0.690. The van der Waals surface area contributed by atoms with Crippen molar-refractivity contribution in [3.63, 3.8) is 0 Å². The van der Waals surface area contributed by atoms with Crippen LogP contribution < -0.4 is 14.8 Å². The molecule has 0 aliphatic carbocycles. The second kappa shape index (κ2) is 11.6. The highest BCUT2D eigenvalue weighted by molar-refractivity contribution is 5.95. The number of benzene rings is 2. The van der Waals surface area contributed by atoms with Crippen molar-refractivity contribution in [2.45, 2.75) is 19.8 Å². The molecule has 0 bridgehead atoms. The molecule has 4 rings (SSSR count). The van der Waals surface area contributed by atoms with Gasteiger partial charge < -0.3 is 24.6 Å². The van der Waals surface area contributed by atoms with Crippen molar-refractivity contribution in [2.75, 3.05) is 44.7 Å². The number of nitrogens with zero attached hydrogens (tertiary/aromatic N) is 2. The number of ether oxygens (including phenoxy) is 2. The monoisotopic (exact) mass is 477 g/mol. The van der Waals surface area contributed by atoms with Crippen molar-refractivity contribution >= 4 is 29.5 Å². The number of amides is 3. The van der Waals surface area contributed by atoms with E-state index >= 15 is 0 Å². The van der Waals surface area contributed by atoms with Crippen LogP contribution in [0.2, 0.25) is 0 Å². The number of piperidine rings is 1. The van der Waals surface area contributed by atoms with Crippen LogP contribution in [0.4, 0.5) is 5.69 Å². The van der Waals surface area contributed by atoms with Crippen LogP contribution in [0.15, 0.2) is 54.6 Å². The van der Waals surface area contributed by atoms with E-state index in [1.165, 1.54) is 0 Å². The summed E-state index contributed by atoms with van der Waals surface area (Å²) in [6, 6.07) is 14.9. The summed E-state index contributed by atoms with van der Waals surface area (Å²) >= 11 is 0. The number of hydrogen-bond donors (Lipinski definition) is 1. The Hall–Kier alpha value is -3.81. The third kappa shape index (κ3) is 6.41. The highest BCUT2D eigenvalue weighted by Gasteiger charge is 2.30. The van der Waals surface area contributed by atoms with E-state index in [0.29, 0.717) is 62.9 Å². The lowest BCUT2D eigenvalue weighted by molar-refractivity contribution is -0.141. The summed E-state index contributed by atoms with van der Waals surface area (Å²) in [5, 5.41) is 2.84. The van der Waals surface area contributed by atoms with Crippen molar-refractivity contribution in [3.8, 4) is 11.5 Å². The Morgan fingerprint density at radius 2 is 1.74 bits per heavy atom. The summed E-state index contributed by atoms with van der Waals surface area (Å²) in [7, 11) is 0. The molecule has 1 fully saturated rings. The van der Waals surface area contributed by atoms with Gasteiger partial charge in [-0.05, 0) is 43.5 Å². The van der Waals surface area contributed by atoms with Crippen LogP contribution in [0.3, 0.4) is 0 Å². The van der Waals surface area contributed by atoms with Crippen LogP contribution in [0.5, 0.6) is 11.5 Å². The normalized spacial score (nSPS) is 15.6. The minimum Gasteiger partial charge on any atom is -0.486 e. The number of carbonyl (C=O) groups excluding carboxylic acids is 3. The smallest absolute Gasteiger partial charge is 0.246 e. The number of anilines is 1. The fourth-order valence-electron chi connectivity index (χ4n) is 4.28. The Morgan fingerprint density at radius 3 is 2.46 bits per heavy atom. The van der Waals surface area contributed by atoms with E-state index in [1.54, 1.807) is 40.2 Å². The molecule has 0 unspecified atom stereocenters. The van der Waals surface area contributed by atoms with E-state index in [0.717, 1.165) is 5.56 Å². The number of likely N-dealkylation sites (tertiary alicyclic amines) is 1. The lowest BCUT2D eigenvalue weighted by Gasteiger charge is -2.33. The van der Waals surface area contributed by atoms with Crippen LogP contribution >= 0.6 is 0 Å². The molecule has 8 heteroatoms. The van der Waals surface area contributed by atoms with Crippen molar-refractivity contribution in [1.29, 1.82) is 0 Å². The first-order chi connectivity index (χ1) is 17.0. The first-order valence-electron chi connectivity index (χ1n) is 12.0. The average molecular weight is 478 g/mol. The van der Waals surface area contributed by atoms with Gasteiger partial charge in [0.25, 0.3) is 0 Å². The number of fused-ring (bicyclic) bond motifs is 1. The second-order valence-corrected chi connectivity index (χ2v) is 8.60. The molecule has 3 amide bonds. The molecule has 2 aromatic carbocycles. The Kier molecular flexibility index (Phi) is 8.03. The van der Waals surface area contributed by atoms with Gasteiger partial charge in [-0.1, -0.05) is 30.3 Å². The molecule has 1 saturated heterocycles. The van der Waals surface area contributed by atoms with Crippen LogP contribution in [-0.4, -0.2) is 66.9 Å². The van der Waals surface area contributed by atoms with Gasteiger partial charge in [0.15, 0.2) is 11.5 Å². The molecule has 0 spiro atoms. The molecule has 0 aromatic heterocycles. The van der Waals surface area contributed by atoms with E-state index in [4.69, 9.17) is 9.47 Å². The van der Waals surface area contributed by atoms with Crippen molar-refractivity contribution in [3.05, 3.63) is 60.2 Å². The van der Waals surface area contributed by atoms with E-state index < -0.39 is 0 Å². The molecule has 2 aromatic rings. The average Bonchev–Trinajstić information content (AvgIpc) is 2.90. The Labute approximate surface area is 205 Å². The first kappa shape index (κ1) is 24.3. The lowest BCUT2D eigenvalue weighted by Crippen LogP contribution is -2.46. The Balaban J connectivity index is 1.26. The minimum absolute atomic E-state index is 0.0251. The molecule has 0 radical (unpaired) electrons. The third-order valence-electron chi connectivity index (χ3n) is 6.23. The van der Waals surface area contributed by atoms with E-state index in [2.05, 4.69) is 5.32 Å². The fourth-order valence-corrected chi connectivity index (χ4v) is 4.28. The quantitative estimate of drug-likeness (QED) is 0.619. The van der Waals surface area contributed by atoms with Gasteiger partial charge in [-0.2, -0.15) is 0 Å². The Morgan fingerprint density at radius 1 is 1.03 bits per heavy atom. The summed E-state index contributed by atoms with van der Waals surface area (Å²) in [4.78, 5) is 41.6. The molecule has 184 valence electrons. The summed E-state index contributed by atoms with van der Waals surface area (Å²) in [6.45, 7) is 4.29. The van der Waals surface area contributed by atoms with Gasteiger partial charge >= 0.3 is 0 Å². The molecule has 0 saturated carbocycles. The molecule has 2 aliphatic rings. The molecule has 35 heavy (non-hydrogen) atoms. The maximum Gasteiger partial charge on any atom is 0.246 e. The summed E-state index contributed by atoms with van der Waals surface area (Å²) in [6.07, 6.45) is 4.56. The summed E-state index contributed by atoms with van der Waals surface area (Å²) < 4.78 is 11.1. The maximum absolute atomic E-state index is 13.1. The zero-order valence-electron chi connectivity index (χ0n) is 19.9. The van der Waals surface area contributed by atoms with Crippen molar-refractivity contribution in [2.24, 2.45) is 5.92 Å². The number of likely N-dealkylation sites (N-methyl/N-ethyl adjacent to an activating group) is 1. The minimum atomic E-state index is -0.268. The van der Waals surface area contributed by atoms with Gasteiger partial charge in [-0.3, -0.25) is 14.4 Å². The predicted molar refractivity (Wildman–Crippen MR) is 133 cm³/mol. The van der Waals surface area contributed by atoms with Crippen LogP contribution in [0.25, 0.3) is 6.08 Å². The fraction of sp³-hybridized carbons (Fsp3) is 0.370. The SMILES string of the molecule is CCN(CC(=O)Nc1ccc2c(c1)OCCO2)C(=O)C1CCN(C(=O)/C=C/c2ccccc2)CC1. The highest BCUT2D eigenvalue weighted by Crippen LogP contribution is 2.32. The van der Waals surface area contributed by atoms with E-state index in [1.807, 2.05) is 37.3 Å². The van der Waals surface area contributed by atoms with Gasteiger partial charge in [-0.15, -0.1) is 0 Å². The molecule has 0 atom stereocenters. The maximum atomic E-state index is 13.1. The zero-order chi connectivity index (χ0) is 24.6. The molecular weight excluding hydrogens is 446 g/mol. The first-order valence-corrected chi connectivity index (χ1v) is 12.0. The molecule has 8 nitrogen and oxygen atoms in total. The number of nitrogens with one attached hydrogen (secondary N) is 1. The van der Waals surface area contributed by atoms with Gasteiger partial charge in [0, 0.05) is 43.4 Å². The lowest BCUT2D eigenvalue weighted by atomic mass is 9.95.